The highest BCUT2D eigenvalue weighted by molar-refractivity contribution is 5.59. The molecule has 0 aliphatic rings. The normalized spacial score (nSPS) is 10.1. The Labute approximate surface area is 95.3 Å². The second-order valence-electron chi connectivity index (χ2n) is 3.98. The van der Waals surface area contributed by atoms with Crippen LogP contribution in [0.15, 0.2) is 36.5 Å². The minimum atomic E-state index is 0.672. The van der Waals surface area contributed by atoms with E-state index in [0.717, 1.165) is 11.5 Å². The molecule has 0 unspecified atom stereocenters. The number of anilines is 3. The van der Waals surface area contributed by atoms with E-state index in [9.17, 15) is 0 Å². The van der Waals surface area contributed by atoms with Crippen molar-refractivity contribution in [1.82, 2.24) is 4.98 Å². The van der Waals surface area contributed by atoms with Gasteiger partial charge in [-0.3, -0.25) is 0 Å². The third kappa shape index (κ3) is 2.51. The molecular weight excluding hydrogens is 198 g/mol. The third-order valence-electron chi connectivity index (χ3n) is 2.28. The summed E-state index contributed by atoms with van der Waals surface area (Å²) in [6.45, 7) is 4.16. The molecule has 16 heavy (non-hydrogen) atoms. The lowest BCUT2D eigenvalue weighted by molar-refractivity contribution is 1.30. The van der Waals surface area contributed by atoms with Gasteiger partial charge in [-0.05, 0) is 49.2 Å². The first kappa shape index (κ1) is 10.5. The molecule has 2 aromatic rings. The molecule has 0 amide bonds. The Morgan fingerprint density at radius 1 is 1.06 bits per heavy atom. The summed E-state index contributed by atoms with van der Waals surface area (Å²) in [7, 11) is 0. The van der Waals surface area contributed by atoms with E-state index in [4.69, 9.17) is 5.73 Å². The van der Waals surface area contributed by atoms with Gasteiger partial charge in [-0.1, -0.05) is 6.07 Å². The van der Waals surface area contributed by atoms with E-state index < -0.39 is 0 Å². The maximum atomic E-state index is 5.58. The Bertz CT molecular complexity index is 469. The zero-order valence-electron chi connectivity index (χ0n) is 9.49. The predicted molar refractivity (Wildman–Crippen MR) is 67.8 cm³/mol. The van der Waals surface area contributed by atoms with E-state index >= 15 is 0 Å². The Kier molecular flexibility index (Phi) is 2.77. The monoisotopic (exact) mass is 213 g/mol. The van der Waals surface area contributed by atoms with E-state index in [-0.39, 0.29) is 0 Å². The SMILES string of the molecule is Cc1cc(C)cc(Nc2ccc(N)cn2)c1. The van der Waals surface area contributed by atoms with Crippen LogP contribution in [0.2, 0.25) is 0 Å². The maximum absolute atomic E-state index is 5.58. The fourth-order valence-corrected chi connectivity index (χ4v) is 1.67. The number of nitrogens with zero attached hydrogens (tertiary/aromatic N) is 1. The molecule has 0 aliphatic heterocycles. The number of nitrogens with one attached hydrogen (secondary N) is 1. The van der Waals surface area contributed by atoms with Crippen LogP contribution in [-0.2, 0) is 0 Å². The van der Waals surface area contributed by atoms with Crippen molar-refractivity contribution in [2.24, 2.45) is 0 Å². The minimum absolute atomic E-state index is 0.672. The van der Waals surface area contributed by atoms with Crippen LogP contribution in [0.1, 0.15) is 11.1 Å². The predicted octanol–water partition coefficient (Wildman–Crippen LogP) is 3.02. The van der Waals surface area contributed by atoms with Crippen molar-refractivity contribution in [3.63, 3.8) is 0 Å². The number of nitrogens with two attached hydrogens (primary N) is 1. The molecule has 1 heterocycles. The standard InChI is InChI=1S/C13H15N3/c1-9-5-10(2)7-12(6-9)16-13-4-3-11(14)8-15-13/h3-8H,14H2,1-2H3,(H,15,16). The van der Waals surface area contributed by atoms with Crippen molar-refractivity contribution in [1.29, 1.82) is 0 Å². The first-order valence-electron chi connectivity index (χ1n) is 5.20. The van der Waals surface area contributed by atoms with Gasteiger partial charge in [0.15, 0.2) is 0 Å². The number of aryl methyl sites for hydroxylation is 2. The summed E-state index contributed by atoms with van der Waals surface area (Å²) in [6.07, 6.45) is 1.64. The minimum Gasteiger partial charge on any atom is -0.397 e. The molecule has 2 rings (SSSR count). The van der Waals surface area contributed by atoms with E-state index in [0.29, 0.717) is 5.69 Å². The first-order chi connectivity index (χ1) is 7.63. The molecule has 82 valence electrons. The molecule has 0 atom stereocenters. The highest BCUT2D eigenvalue weighted by Gasteiger charge is 1.97. The van der Waals surface area contributed by atoms with Crippen molar-refractivity contribution >= 4 is 17.2 Å². The molecule has 3 heteroatoms. The van der Waals surface area contributed by atoms with Crippen LogP contribution in [0.4, 0.5) is 17.2 Å². The summed E-state index contributed by atoms with van der Waals surface area (Å²) < 4.78 is 0. The average molecular weight is 213 g/mol. The Balaban J connectivity index is 2.23. The smallest absolute Gasteiger partial charge is 0.130 e. The van der Waals surface area contributed by atoms with Gasteiger partial charge in [-0.25, -0.2) is 4.98 Å². The number of nitrogen functional groups attached to an aromatic ring is 1. The molecule has 1 aromatic carbocycles. The molecule has 1 aromatic heterocycles. The molecule has 0 aliphatic carbocycles. The van der Waals surface area contributed by atoms with Crippen LogP contribution in [0.5, 0.6) is 0 Å². The van der Waals surface area contributed by atoms with Crippen LogP contribution >= 0.6 is 0 Å². The second kappa shape index (κ2) is 4.23. The molecule has 0 spiro atoms. The van der Waals surface area contributed by atoms with Gasteiger partial charge in [0, 0.05) is 5.69 Å². The van der Waals surface area contributed by atoms with E-state index in [1.54, 1.807) is 6.20 Å². The van der Waals surface area contributed by atoms with Gasteiger partial charge >= 0.3 is 0 Å². The van der Waals surface area contributed by atoms with Crippen LogP contribution in [0.25, 0.3) is 0 Å². The number of benzene rings is 1. The lowest BCUT2D eigenvalue weighted by atomic mass is 10.1. The lowest BCUT2D eigenvalue weighted by Crippen LogP contribution is -1.95. The van der Waals surface area contributed by atoms with E-state index in [2.05, 4.69) is 42.3 Å². The summed E-state index contributed by atoms with van der Waals surface area (Å²) in [4.78, 5) is 4.20. The zero-order chi connectivity index (χ0) is 11.5. The summed E-state index contributed by atoms with van der Waals surface area (Å²) in [6, 6.07) is 10.0. The van der Waals surface area contributed by atoms with Gasteiger partial charge in [0.2, 0.25) is 0 Å². The summed E-state index contributed by atoms with van der Waals surface area (Å²) >= 11 is 0. The Morgan fingerprint density at radius 2 is 1.75 bits per heavy atom. The molecule has 3 nitrogen and oxygen atoms in total. The molecule has 0 saturated heterocycles. The number of hydrogen-bond acceptors (Lipinski definition) is 3. The largest absolute Gasteiger partial charge is 0.397 e. The number of rotatable bonds is 2. The summed E-state index contributed by atoms with van der Waals surface area (Å²) in [5.74, 6) is 0.805. The maximum Gasteiger partial charge on any atom is 0.130 e. The van der Waals surface area contributed by atoms with Crippen LogP contribution in [0, 0.1) is 13.8 Å². The zero-order valence-corrected chi connectivity index (χ0v) is 9.49. The third-order valence-corrected chi connectivity index (χ3v) is 2.28. The van der Waals surface area contributed by atoms with Crippen molar-refractivity contribution in [2.75, 3.05) is 11.1 Å². The quantitative estimate of drug-likeness (QED) is 0.806. The van der Waals surface area contributed by atoms with Crippen LogP contribution in [0.3, 0.4) is 0 Å². The summed E-state index contributed by atoms with van der Waals surface area (Å²) in [5, 5.41) is 3.25. The molecule has 0 fully saturated rings. The van der Waals surface area contributed by atoms with E-state index in [1.807, 2.05) is 12.1 Å². The summed E-state index contributed by atoms with van der Waals surface area (Å²) in [5.41, 5.74) is 9.77. The van der Waals surface area contributed by atoms with Crippen molar-refractivity contribution in [2.45, 2.75) is 13.8 Å². The fraction of sp³-hybridized carbons (Fsp3) is 0.154. The number of aromatic nitrogens is 1. The highest BCUT2D eigenvalue weighted by Crippen LogP contribution is 2.18. The van der Waals surface area contributed by atoms with Crippen LogP contribution in [-0.4, -0.2) is 4.98 Å². The van der Waals surface area contributed by atoms with Gasteiger partial charge in [-0.15, -0.1) is 0 Å². The van der Waals surface area contributed by atoms with Gasteiger partial charge in [0.05, 0.1) is 11.9 Å². The van der Waals surface area contributed by atoms with Gasteiger partial charge in [0.1, 0.15) is 5.82 Å². The first-order valence-corrected chi connectivity index (χ1v) is 5.20. The van der Waals surface area contributed by atoms with Crippen molar-refractivity contribution in [3.05, 3.63) is 47.7 Å². The topological polar surface area (TPSA) is 50.9 Å². The lowest BCUT2D eigenvalue weighted by Gasteiger charge is -2.07. The number of pyridine rings is 1. The van der Waals surface area contributed by atoms with Gasteiger partial charge in [-0.2, -0.15) is 0 Å². The number of hydrogen-bond donors (Lipinski definition) is 2. The fourth-order valence-electron chi connectivity index (χ4n) is 1.67. The molecule has 0 saturated carbocycles. The Hall–Kier alpha value is -2.03. The van der Waals surface area contributed by atoms with Gasteiger partial charge < -0.3 is 11.1 Å². The van der Waals surface area contributed by atoms with Crippen molar-refractivity contribution < 1.29 is 0 Å². The second-order valence-corrected chi connectivity index (χ2v) is 3.98. The average Bonchev–Trinajstić information content (AvgIpc) is 2.20. The van der Waals surface area contributed by atoms with Crippen LogP contribution < -0.4 is 11.1 Å². The molecule has 3 N–H and O–H groups in total. The van der Waals surface area contributed by atoms with Crippen molar-refractivity contribution in [3.8, 4) is 0 Å². The highest BCUT2D eigenvalue weighted by atomic mass is 15.0. The molecule has 0 bridgehead atoms. The van der Waals surface area contributed by atoms with E-state index in [1.165, 1.54) is 11.1 Å². The molecular formula is C13H15N3. The molecule has 0 radical (unpaired) electrons. The Morgan fingerprint density at radius 3 is 2.31 bits per heavy atom. The van der Waals surface area contributed by atoms with Gasteiger partial charge in [0.25, 0.3) is 0 Å².